The summed E-state index contributed by atoms with van der Waals surface area (Å²) in [4.78, 5) is 19.6. The van der Waals surface area contributed by atoms with Gasteiger partial charge in [0.05, 0.1) is 0 Å². The molecule has 0 saturated carbocycles. The molecule has 5 heteroatoms. The van der Waals surface area contributed by atoms with Crippen LogP contribution >= 0.6 is 0 Å². The number of nitrogen functional groups attached to an aromatic ring is 1. The SMILES string of the molecule is CCN(CC)CCN(CCN(CC)CC)C(=O)c1ccc(N)cc1. The zero-order valence-electron chi connectivity index (χ0n) is 15.8. The maximum Gasteiger partial charge on any atom is 0.253 e. The average molecular weight is 335 g/mol. The van der Waals surface area contributed by atoms with Gasteiger partial charge in [-0.2, -0.15) is 0 Å². The van der Waals surface area contributed by atoms with Crippen LogP contribution in [0.4, 0.5) is 5.69 Å². The molecule has 1 aromatic rings. The topological polar surface area (TPSA) is 52.8 Å². The van der Waals surface area contributed by atoms with Gasteiger partial charge in [0.1, 0.15) is 0 Å². The van der Waals surface area contributed by atoms with Crippen molar-refractivity contribution in [3.63, 3.8) is 0 Å². The molecule has 0 aliphatic carbocycles. The van der Waals surface area contributed by atoms with Crippen molar-refractivity contribution in [2.45, 2.75) is 27.7 Å². The number of rotatable bonds is 11. The van der Waals surface area contributed by atoms with Crippen molar-refractivity contribution >= 4 is 11.6 Å². The van der Waals surface area contributed by atoms with E-state index in [9.17, 15) is 4.79 Å². The molecule has 0 aliphatic heterocycles. The Balaban J connectivity index is 2.78. The lowest BCUT2D eigenvalue weighted by atomic mass is 10.2. The summed E-state index contributed by atoms with van der Waals surface area (Å²) in [5.41, 5.74) is 7.13. The van der Waals surface area contributed by atoms with Gasteiger partial charge in [0.25, 0.3) is 5.91 Å². The van der Waals surface area contributed by atoms with E-state index in [2.05, 4.69) is 37.5 Å². The van der Waals surface area contributed by atoms with Gasteiger partial charge in [-0.1, -0.05) is 27.7 Å². The van der Waals surface area contributed by atoms with E-state index in [1.807, 2.05) is 17.0 Å². The van der Waals surface area contributed by atoms with Crippen LogP contribution in [0.15, 0.2) is 24.3 Å². The number of nitrogens with zero attached hydrogens (tertiary/aromatic N) is 3. The highest BCUT2D eigenvalue weighted by Crippen LogP contribution is 2.09. The summed E-state index contributed by atoms with van der Waals surface area (Å²) in [6, 6.07) is 7.22. The van der Waals surface area contributed by atoms with Crippen molar-refractivity contribution in [1.29, 1.82) is 0 Å². The maximum absolute atomic E-state index is 12.9. The summed E-state index contributed by atoms with van der Waals surface area (Å²) >= 11 is 0. The van der Waals surface area contributed by atoms with Gasteiger partial charge in [-0.3, -0.25) is 4.79 Å². The Bertz CT molecular complexity index is 451. The Labute approximate surface area is 147 Å². The second kappa shape index (κ2) is 11.0. The van der Waals surface area contributed by atoms with E-state index in [0.29, 0.717) is 11.3 Å². The monoisotopic (exact) mass is 334 g/mol. The van der Waals surface area contributed by atoms with Crippen molar-refractivity contribution in [3.05, 3.63) is 29.8 Å². The number of hydrogen-bond acceptors (Lipinski definition) is 4. The van der Waals surface area contributed by atoms with Crippen LogP contribution in [0.5, 0.6) is 0 Å². The Hall–Kier alpha value is -1.59. The van der Waals surface area contributed by atoms with Crippen LogP contribution in [0.2, 0.25) is 0 Å². The number of nitrogens with two attached hydrogens (primary N) is 1. The molecule has 0 saturated heterocycles. The van der Waals surface area contributed by atoms with Gasteiger partial charge < -0.3 is 20.4 Å². The molecule has 0 aliphatic rings. The number of carbonyl (C=O) groups excluding carboxylic acids is 1. The quantitative estimate of drug-likeness (QED) is 0.631. The summed E-state index contributed by atoms with van der Waals surface area (Å²) in [6.45, 7) is 16.0. The Morgan fingerprint density at radius 2 is 1.21 bits per heavy atom. The van der Waals surface area contributed by atoms with Crippen molar-refractivity contribution in [3.8, 4) is 0 Å². The van der Waals surface area contributed by atoms with Gasteiger partial charge >= 0.3 is 0 Å². The van der Waals surface area contributed by atoms with Gasteiger partial charge in [-0.15, -0.1) is 0 Å². The molecule has 2 N–H and O–H groups in total. The fourth-order valence-corrected chi connectivity index (χ4v) is 2.73. The molecule has 0 atom stereocenters. The van der Waals surface area contributed by atoms with Crippen molar-refractivity contribution in [2.24, 2.45) is 0 Å². The van der Waals surface area contributed by atoms with E-state index < -0.39 is 0 Å². The largest absolute Gasteiger partial charge is 0.399 e. The molecule has 0 unspecified atom stereocenters. The Morgan fingerprint density at radius 3 is 1.58 bits per heavy atom. The smallest absolute Gasteiger partial charge is 0.253 e. The van der Waals surface area contributed by atoms with Gasteiger partial charge in [-0.05, 0) is 50.4 Å². The highest BCUT2D eigenvalue weighted by atomic mass is 16.2. The van der Waals surface area contributed by atoms with E-state index in [4.69, 9.17) is 5.73 Å². The summed E-state index contributed by atoms with van der Waals surface area (Å²) in [6.07, 6.45) is 0. The minimum absolute atomic E-state index is 0.0920. The predicted molar refractivity (Wildman–Crippen MR) is 102 cm³/mol. The molecular weight excluding hydrogens is 300 g/mol. The van der Waals surface area contributed by atoms with Crippen molar-refractivity contribution in [1.82, 2.24) is 14.7 Å². The molecule has 24 heavy (non-hydrogen) atoms. The number of benzene rings is 1. The van der Waals surface area contributed by atoms with Crippen molar-refractivity contribution in [2.75, 3.05) is 58.1 Å². The van der Waals surface area contributed by atoms with Gasteiger partial charge in [0.15, 0.2) is 0 Å². The number of anilines is 1. The van der Waals surface area contributed by atoms with Crippen LogP contribution in [0, 0.1) is 0 Å². The third-order valence-corrected chi connectivity index (χ3v) is 4.61. The lowest BCUT2D eigenvalue weighted by Crippen LogP contribution is -2.42. The standard InChI is InChI=1S/C19H34N4O/c1-5-21(6-2)13-15-23(16-14-22(7-3)8-4)19(24)17-9-11-18(20)12-10-17/h9-12H,5-8,13-16,20H2,1-4H3. The summed E-state index contributed by atoms with van der Waals surface area (Å²) in [7, 11) is 0. The molecule has 136 valence electrons. The highest BCUT2D eigenvalue weighted by molar-refractivity contribution is 5.94. The molecule has 0 aromatic heterocycles. The number of amides is 1. The fraction of sp³-hybridized carbons (Fsp3) is 0.632. The second-order valence-corrected chi connectivity index (χ2v) is 5.97. The first-order valence-corrected chi connectivity index (χ1v) is 9.15. The Morgan fingerprint density at radius 1 is 0.792 bits per heavy atom. The number of likely N-dealkylation sites (N-methyl/N-ethyl adjacent to an activating group) is 2. The normalized spacial score (nSPS) is 11.2. The van der Waals surface area contributed by atoms with E-state index in [1.54, 1.807) is 12.1 Å². The third kappa shape index (κ3) is 6.49. The molecule has 0 radical (unpaired) electrons. The molecule has 5 nitrogen and oxygen atoms in total. The van der Waals surface area contributed by atoms with Crippen molar-refractivity contribution < 1.29 is 4.79 Å². The molecule has 0 fully saturated rings. The molecule has 0 bridgehead atoms. The van der Waals surface area contributed by atoms with E-state index in [0.717, 1.165) is 52.4 Å². The molecule has 1 aromatic carbocycles. The van der Waals surface area contributed by atoms with Crippen LogP contribution in [-0.2, 0) is 0 Å². The lowest BCUT2D eigenvalue weighted by molar-refractivity contribution is 0.0718. The zero-order valence-corrected chi connectivity index (χ0v) is 15.8. The fourth-order valence-electron chi connectivity index (χ4n) is 2.73. The summed E-state index contributed by atoms with van der Waals surface area (Å²) < 4.78 is 0. The summed E-state index contributed by atoms with van der Waals surface area (Å²) in [5.74, 6) is 0.0920. The second-order valence-electron chi connectivity index (χ2n) is 5.97. The Kier molecular flexibility index (Phi) is 9.42. The van der Waals surface area contributed by atoms with Crippen LogP contribution < -0.4 is 5.73 Å². The highest BCUT2D eigenvalue weighted by Gasteiger charge is 2.17. The molecular formula is C19H34N4O. The van der Waals surface area contributed by atoms with Crippen LogP contribution in [0.3, 0.4) is 0 Å². The van der Waals surface area contributed by atoms with Crippen LogP contribution in [0.1, 0.15) is 38.1 Å². The first-order valence-electron chi connectivity index (χ1n) is 9.15. The zero-order chi connectivity index (χ0) is 17.9. The third-order valence-electron chi connectivity index (χ3n) is 4.61. The van der Waals surface area contributed by atoms with Gasteiger partial charge in [0.2, 0.25) is 0 Å². The van der Waals surface area contributed by atoms with Gasteiger partial charge in [0, 0.05) is 37.4 Å². The number of hydrogen-bond donors (Lipinski definition) is 1. The minimum Gasteiger partial charge on any atom is -0.399 e. The minimum atomic E-state index is 0.0920. The summed E-state index contributed by atoms with van der Waals surface area (Å²) in [5, 5.41) is 0. The van der Waals surface area contributed by atoms with E-state index in [1.165, 1.54) is 0 Å². The van der Waals surface area contributed by atoms with E-state index >= 15 is 0 Å². The molecule has 0 spiro atoms. The van der Waals surface area contributed by atoms with Gasteiger partial charge in [-0.25, -0.2) is 0 Å². The first-order chi connectivity index (χ1) is 11.5. The lowest BCUT2D eigenvalue weighted by Gasteiger charge is -2.29. The number of carbonyl (C=O) groups is 1. The van der Waals surface area contributed by atoms with Crippen LogP contribution in [-0.4, -0.2) is 73.0 Å². The predicted octanol–water partition coefficient (Wildman–Crippen LogP) is 2.39. The average Bonchev–Trinajstić information content (AvgIpc) is 2.61. The maximum atomic E-state index is 12.9. The van der Waals surface area contributed by atoms with E-state index in [-0.39, 0.29) is 5.91 Å². The molecule has 1 amide bonds. The molecule has 0 heterocycles. The molecule has 1 rings (SSSR count). The van der Waals surface area contributed by atoms with Crippen LogP contribution in [0.25, 0.3) is 0 Å². The first kappa shape index (κ1) is 20.5.